The highest BCUT2D eigenvalue weighted by atomic mass is 79.9. The van der Waals surface area contributed by atoms with Gasteiger partial charge in [-0.15, -0.1) is 0 Å². The molecule has 0 unspecified atom stereocenters. The van der Waals surface area contributed by atoms with Crippen molar-refractivity contribution in [2.45, 2.75) is 6.04 Å². The Morgan fingerprint density at radius 1 is 1.53 bits per heavy atom. The van der Waals surface area contributed by atoms with Gasteiger partial charge < -0.3 is 15.9 Å². The molecule has 0 aromatic heterocycles. The highest BCUT2D eigenvalue weighted by Gasteiger charge is 2.25. The number of rotatable bonds is 2. The van der Waals surface area contributed by atoms with Crippen LogP contribution in [0.1, 0.15) is 11.6 Å². The van der Waals surface area contributed by atoms with Crippen molar-refractivity contribution >= 4 is 21.9 Å². The van der Waals surface area contributed by atoms with E-state index in [-0.39, 0.29) is 4.47 Å². The highest BCUT2D eigenvalue weighted by molar-refractivity contribution is 9.10. The van der Waals surface area contributed by atoms with Crippen LogP contribution in [0.5, 0.6) is 5.75 Å². The number of aromatic hydroxyl groups is 1. The molecule has 0 fully saturated rings. The topological polar surface area (TPSA) is 83.6 Å². The minimum Gasteiger partial charge on any atom is -0.504 e. The summed E-state index contributed by atoms with van der Waals surface area (Å²) in [5, 5.41) is 17.8. The van der Waals surface area contributed by atoms with E-state index in [0.29, 0.717) is 6.07 Å². The number of carbonyl (C=O) groups is 1. The van der Waals surface area contributed by atoms with Crippen LogP contribution in [0.2, 0.25) is 0 Å². The fourth-order valence-electron chi connectivity index (χ4n) is 1.02. The average molecular weight is 282 g/mol. The van der Waals surface area contributed by atoms with Crippen molar-refractivity contribution < 1.29 is 23.8 Å². The Morgan fingerprint density at radius 3 is 2.53 bits per heavy atom. The first-order chi connectivity index (χ1) is 6.86. The summed E-state index contributed by atoms with van der Waals surface area (Å²) in [5.41, 5.74) is 4.78. The summed E-state index contributed by atoms with van der Waals surface area (Å²) in [4.78, 5) is 10.5. The predicted molar refractivity (Wildman–Crippen MR) is 50.3 cm³/mol. The van der Waals surface area contributed by atoms with Crippen LogP contribution in [0, 0.1) is 11.6 Å². The number of carboxylic acid groups (broad SMARTS) is 1. The zero-order valence-electron chi connectivity index (χ0n) is 7.17. The summed E-state index contributed by atoms with van der Waals surface area (Å²) in [6, 6.07) is -0.929. The number of hydrogen-bond acceptors (Lipinski definition) is 3. The molecule has 0 spiro atoms. The van der Waals surface area contributed by atoms with E-state index in [4.69, 9.17) is 10.8 Å². The smallest absolute Gasteiger partial charge is 0.325 e. The van der Waals surface area contributed by atoms with Crippen molar-refractivity contribution in [3.63, 3.8) is 0 Å². The second kappa shape index (κ2) is 4.11. The fraction of sp³-hybridized carbons (Fsp3) is 0.125. The number of phenolic OH excluding ortho intramolecular Hbond substituents is 1. The maximum atomic E-state index is 12.9. The molecule has 1 aromatic carbocycles. The van der Waals surface area contributed by atoms with Gasteiger partial charge in [-0.2, -0.15) is 4.39 Å². The van der Waals surface area contributed by atoms with Crippen molar-refractivity contribution in [2.75, 3.05) is 0 Å². The van der Waals surface area contributed by atoms with Crippen LogP contribution < -0.4 is 5.73 Å². The Hall–Kier alpha value is -1.21. The van der Waals surface area contributed by atoms with Crippen LogP contribution in [0.15, 0.2) is 10.5 Å². The van der Waals surface area contributed by atoms with E-state index in [0.717, 1.165) is 0 Å². The number of phenols is 1. The molecule has 1 aromatic rings. The van der Waals surface area contributed by atoms with E-state index in [1.165, 1.54) is 0 Å². The molecule has 0 aliphatic rings. The number of hydrogen-bond donors (Lipinski definition) is 3. The molecule has 0 radical (unpaired) electrons. The van der Waals surface area contributed by atoms with Crippen molar-refractivity contribution in [3.8, 4) is 5.75 Å². The normalized spacial score (nSPS) is 12.5. The maximum absolute atomic E-state index is 12.9. The molecular formula is C8H6BrF2NO3. The van der Waals surface area contributed by atoms with Gasteiger partial charge in [0, 0.05) is 10.0 Å². The average Bonchev–Trinajstić information content (AvgIpc) is 2.14. The first-order valence-electron chi connectivity index (χ1n) is 3.71. The maximum Gasteiger partial charge on any atom is 0.325 e. The van der Waals surface area contributed by atoms with Gasteiger partial charge in [0.15, 0.2) is 11.6 Å². The van der Waals surface area contributed by atoms with Gasteiger partial charge in [-0.25, -0.2) is 4.39 Å². The molecule has 4 nitrogen and oxygen atoms in total. The first-order valence-corrected chi connectivity index (χ1v) is 4.50. The van der Waals surface area contributed by atoms with Gasteiger partial charge in [-0.1, -0.05) is 15.9 Å². The molecule has 0 heterocycles. The second-order valence-electron chi connectivity index (χ2n) is 2.73. The van der Waals surface area contributed by atoms with Gasteiger partial charge in [-0.3, -0.25) is 4.79 Å². The third-order valence-electron chi connectivity index (χ3n) is 1.76. The van der Waals surface area contributed by atoms with Crippen LogP contribution in [0.25, 0.3) is 0 Å². The van der Waals surface area contributed by atoms with Gasteiger partial charge in [0.1, 0.15) is 6.04 Å². The van der Waals surface area contributed by atoms with Gasteiger partial charge in [0.25, 0.3) is 0 Å². The Kier molecular flexibility index (Phi) is 3.25. The zero-order chi connectivity index (χ0) is 11.7. The number of carboxylic acids is 1. The largest absolute Gasteiger partial charge is 0.504 e. The van der Waals surface area contributed by atoms with E-state index in [2.05, 4.69) is 15.9 Å². The summed E-state index contributed by atoms with van der Waals surface area (Å²) in [7, 11) is 0. The lowest BCUT2D eigenvalue weighted by Crippen LogP contribution is -2.21. The Balaban J connectivity index is 3.42. The summed E-state index contributed by atoms with van der Waals surface area (Å²) >= 11 is 2.79. The van der Waals surface area contributed by atoms with E-state index >= 15 is 0 Å². The SMILES string of the molecule is N[C@H](C(=O)O)c1c(Br)cc(F)c(F)c1O. The van der Waals surface area contributed by atoms with E-state index in [1.807, 2.05) is 0 Å². The third kappa shape index (κ3) is 2.07. The van der Waals surface area contributed by atoms with Gasteiger partial charge in [0.2, 0.25) is 5.82 Å². The predicted octanol–water partition coefficient (Wildman–Crippen LogP) is 1.52. The Bertz CT molecular complexity index is 425. The minimum absolute atomic E-state index is 0.103. The number of halogens is 3. The van der Waals surface area contributed by atoms with Crippen molar-refractivity contribution in [1.29, 1.82) is 0 Å². The summed E-state index contributed by atoms with van der Waals surface area (Å²) in [6.45, 7) is 0. The monoisotopic (exact) mass is 281 g/mol. The molecule has 0 aliphatic carbocycles. The van der Waals surface area contributed by atoms with E-state index in [1.54, 1.807) is 0 Å². The van der Waals surface area contributed by atoms with E-state index < -0.39 is 35.0 Å². The molecule has 1 rings (SSSR count). The summed E-state index contributed by atoms with van der Waals surface area (Å²) in [6.07, 6.45) is 0. The van der Waals surface area contributed by atoms with Crippen LogP contribution in [-0.2, 0) is 4.79 Å². The molecule has 0 amide bonds. The summed E-state index contributed by atoms with van der Waals surface area (Å²) < 4.78 is 25.5. The van der Waals surface area contributed by atoms with Gasteiger partial charge in [-0.05, 0) is 6.07 Å². The van der Waals surface area contributed by atoms with E-state index in [9.17, 15) is 18.7 Å². The van der Waals surface area contributed by atoms with Gasteiger partial charge >= 0.3 is 5.97 Å². The molecule has 82 valence electrons. The quantitative estimate of drug-likeness (QED) is 0.718. The minimum atomic E-state index is -1.63. The van der Waals surface area contributed by atoms with Gasteiger partial charge in [0.05, 0.1) is 0 Å². The molecular weight excluding hydrogens is 276 g/mol. The Morgan fingerprint density at radius 2 is 2.07 bits per heavy atom. The van der Waals surface area contributed by atoms with Crippen molar-refractivity contribution in [1.82, 2.24) is 0 Å². The second-order valence-corrected chi connectivity index (χ2v) is 3.59. The van der Waals surface area contributed by atoms with Crippen LogP contribution in [0.3, 0.4) is 0 Å². The van der Waals surface area contributed by atoms with Crippen LogP contribution in [0.4, 0.5) is 8.78 Å². The van der Waals surface area contributed by atoms with Crippen LogP contribution in [-0.4, -0.2) is 16.2 Å². The van der Waals surface area contributed by atoms with Crippen molar-refractivity contribution in [3.05, 3.63) is 27.7 Å². The fourth-order valence-corrected chi connectivity index (χ4v) is 1.65. The third-order valence-corrected chi connectivity index (χ3v) is 2.42. The molecule has 0 saturated heterocycles. The lowest BCUT2D eigenvalue weighted by atomic mass is 10.1. The summed E-state index contributed by atoms with van der Waals surface area (Å²) in [5.74, 6) is -5.38. The Labute approximate surface area is 91.4 Å². The molecule has 0 bridgehead atoms. The molecule has 4 N–H and O–H groups in total. The van der Waals surface area contributed by atoms with Crippen molar-refractivity contribution in [2.24, 2.45) is 5.73 Å². The standard InChI is InChI=1S/C8H6BrF2NO3/c9-2-1-3(10)5(11)7(13)4(2)6(12)8(14)15/h1,6,13H,12H2,(H,14,15)/t6-/m0/s1. The lowest BCUT2D eigenvalue weighted by molar-refractivity contribution is -0.138. The lowest BCUT2D eigenvalue weighted by Gasteiger charge is -2.12. The first kappa shape index (κ1) is 11.9. The molecule has 15 heavy (non-hydrogen) atoms. The number of benzene rings is 1. The molecule has 0 aliphatic heterocycles. The highest BCUT2D eigenvalue weighted by Crippen LogP contribution is 2.34. The zero-order valence-corrected chi connectivity index (χ0v) is 8.75. The molecule has 1 atom stereocenters. The number of aliphatic carboxylic acids is 1. The number of nitrogens with two attached hydrogens (primary N) is 1. The van der Waals surface area contributed by atoms with Crippen LogP contribution >= 0.6 is 15.9 Å². The molecule has 7 heteroatoms. The molecule has 0 saturated carbocycles.